The van der Waals surface area contributed by atoms with Gasteiger partial charge in [-0.15, -0.1) is 0 Å². The molecule has 10 heavy (non-hydrogen) atoms. The van der Waals surface area contributed by atoms with E-state index in [4.69, 9.17) is 5.73 Å². The molecular weight excluding hydrogens is 148 g/mol. The number of aromatic nitrogens is 1. The van der Waals surface area contributed by atoms with E-state index in [2.05, 4.69) is 17.2 Å². The van der Waals surface area contributed by atoms with E-state index in [1.165, 1.54) is 18.3 Å². The summed E-state index contributed by atoms with van der Waals surface area (Å²) in [7, 11) is 0. The fourth-order valence-electron chi connectivity index (χ4n) is 0.588. The van der Waals surface area contributed by atoms with E-state index in [0.717, 1.165) is 0 Å². The van der Waals surface area contributed by atoms with E-state index in [0.29, 0.717) is 5.69 Å². The van der Waals surface area contributed by atoms with Crippen molar-refractivity contribution < 1.29 is 0 Å². The maximum absolute atomic E-state index is 10.7. The molecule has 0 saturated heterocycles. The van der Waals surface area contributed by atoms with Crippen LogP contribution in [0.4, 0.5) is 0 Å². The van der Waals surface area contributed by atoms with Gasteiger partial charge in [-0.1, -0.05) is 12.2 Å². The fraction of sp³-hybridized carbons (Fsp3) is 0. The summed E-state index contributed by atoms with van der Waals surface area (Å²) in [5.41, 5.74) is 5.65. The van der Waals surface area contributed by atoms with Crippen molar-refractivity contribution in [2.75, 3.05) is 0 Å². The summed E-state index contributed by atoms with van der Waals surface area (Å²) in [4.78, 5) is 13.6. The van der Waals surface area contributed by atoms with Crippen LogP contribution in [0.5, 0.6) is 0 Å². The van der Waals surface area contributed by atoms with Crippen LogP contribution < -0.4 is 11.2 Å². The van der Waals surface area contributed by atoms with Gasteiger partial charge in [0, 0.05) is 18.3 Å². The number of hydrogen-bond donors (Lipinski definition) is 2. The van der Waals surface area contributed by atoms with Crippen LogP contribution in [-0.4, -0.2) is 9.97 Å². The Morgan fingerprint density at radius 3 is 2.80 bits per heavy atom. The third-order valence-electron chi connectivity index (χ3n) is 1.04. The smallest absolute Gasteiger partial charge is 0.182 e. The number of nitrogens with two attached hydrogens (primary N) is 1. The second kappa shape index (κ2) is 2.62. The molecule has 1 aromatic rings. The van der Waals surface area contributed by atoms with Crippen LogP contribution in [0.2, 0.25) is 0 Å². The number of pyridine rings is 1. The zero-order valence-corrected chi connectivity index (χ0v) is 5.94. The molecule has 3 nitrogen and oxygen atoms in total. The van der Waals surface area contributed by atoms with Crippen LogP contribution >= 0.6 is 12.2 Å². The van der Waals surface area contributed by atoms with E-state index >= 15 is 0 Å². The first-order valence-electron chi connectivity index (χ1n) is 2.68. The van der Waals surface area contributed by atoms with Gasteiger partial charge in [-0.3, -0.25) is 4.79 Å². The summed E-state index contributed by atoms with van der Waals surface area (Å²) in [5, 5.41) is 0. The normalized spacial score (nSPS) is 9.20. The summed E-state index contributed by atoms with van der Waals surface area (Å²) in [6.45, 7) is 0. The van der Waals surface area contributed by atoms with Crippen LogP contribution in [0.25, 0.3) is 0 Å². The summed E-state index contributed by atoms with van der Waals surface area (Å²) in [5.74, 6) is 0. The third-order valence-corrected chi connectivity index (χ3v) is 1.26. The molecule has 0 aromatic carbocycles. The average molecular weight is 154 g/mol. The van der Waals surface area contributed by atoms with Gasteiger partial charge in [-0.05, 0) is 0 Å². The summed E-state index contributed by atoms with van der Waals surface area (Å²) in [6, 6.07) is 2.77. The van der Waals surface area contributed by atoms with Crippen LogP contribution in [0.1, 0.15) is 5.69 Å². The lowest BCUT2D eigenvalue weighted by Crippen LogP contribution is -2.14. The first-order chi connectivity index (χ1) is 4.70. The average Bonchev–Trinajstić information content (AvgIpc) is 1.88. The van der Waals surface area contributed by atoms with Crippen molar-refractivity contribution in [2.45, 2.75) is 0 Å². The van der Waals surface area contributed by atoms with E-state index in [-0.39, 0.29) is 10.4 Å². The number of thiocarbonyl (C=S) groups is 1. The van der Waals surface area contributed by atoms with Gasteiger partial charge >= 0.3 is 0 Å². The second-order valence-electron chi connectivity index (χ2n) is 1.80. The molecule has 0 fully saturated rings. The molecule has 0 unspecified atom stereocenters. The van der Waals surface area contributed by atoms with Crippen molar-refractivity contribution in [3.63, 3.8) is 0 Å². The van der Waals surface area contributed by atoms with Crippen molar-refractivity contribution in [1.82, 2.24) is 4.98 Å². The number of aromatic amines is 1. The summed E-state index contributed by atoms with van der Waals surface area (Å²) in [6.07, 6.45) is 1.51. The lowest BCUT2D eigenvalue weighted by Gasteiger charge is -1.93. The molecule has 0 bridgehead atoms. The summed E-state index contributed by atoms with van der Waals surface area (Å²) < 4.78 is 0. The predicted octanol–water partition coefficient (Wildman–Crippen LogP) is 0.00910. The van der Waals surface area contributed by atoms with E-state index in [9.17, 15) is 4.79 Å². The molecule has 52 valence electrons. The predicted molar refractivity (Wildman–Crippen MR) is 43.0 cm³/mol. The molecule has 0 aliphatic heterocycles. The van der Waals surface area contributed by atoms with Crippen LogP contribution in [0.3, 0.4) is 0 Å². The highest BCUT2D eigenvalue weighted by Gasteiger charge is 1.93. The maximum atomic E-state index is 10.7. The van der Waals surface area contributed by atoms with Gasteiger partial charge in [0.2, 0.25) is 0 Å². The lowest BCUT2D eigenvalue weighted by molar-refractivity contribution is 1.27. The van der Waals surface area contributed by atoms with Crippen molar-refractivity contribution in [1.29, 1.82) is 0 Å². The van der Waals surface area contributed by atoms with Crippen molar-refractivity contribution in [3.8, 4) is 0 Å². The van der Waals surface area contributed by atoms with E-state index in [1.54, 1.807) is 0 Å². The highest BCUT2D eigenvalue weighted by atomic mass is 32.1. The van der Waals surface area contributed by atoms with Gasteiger partial charge < -0.3 is 10.7 Å². The van der Waals surface area contributed by atoms with Crippen molar-refractivity contribution in [2.24, 2.45) is 5.73 Å². The molecule has 0 saturated carbocycles. The molecule has 0 spiro atoms. The Balaban J connectivity index is 3.20. The largest absolute Gasteiger partial charge is 0.388 e. The highest BCUT2D eigenvalue weighted by Crippen LogP contribution is 1.86. The molecule has 0 amide bonds. The van der Waals surface area contributed by atoms with Gasteiger partial charge in [0.15, 0.2) is 5.43 Å². The van der Waals surface area contributed by atoms with Gasteiger partial charge in [-0.2, -0.15) is 0 Å². The Labute approximate surface area is 62.9 Å². The van der Waals surface area contributed by atoms with Gasteiger partial charge in [0.05, 0.1) is 5.69 Å². The number of H-pyrrole nitrogens is 1. The standard InChI is InChI=1S/C6H6N2OS/c7-6(10)5-3-4(9)1-2-8-5/h1-3H,(H2,7,10)(H,8,9). The molecule has 1 rings (SSSR count). The first kappa shape index (κ1) is 6.95. The molecule has 0 radical (unpaired) electrons. The van der Waals surface area contributed by atoms with Crippen LogP contribution in [0.15, 0.2) is 23.1 Å². The van der Waals surface area contributed by atoms with Crippen molar-refractivity contribution in [3.05, 3.63) is 34.2 Å². The van der Waals surface area contributed by atoms with Gasteiger partial charge in [0.25, 0.3) is 0 Å². The monoisotopic (exact) mass is 154 g/mol. The third kappa shape index (κ3) is 1.41. The summed E-state index contributed by atoms with van der Waals surface area (Å²) >= 11 is 4.63. The number of rotatable bonds is 1. The first-order valence-corrected chi connectivity index (χ1v) is 3.09. The number of nitrogens with one attached hydrogen (secondary N) is 1. The minimum Gasteiger partial charge on any atom is -0.388 e. The minimum absolute atomic E-state index is 0.0958. The second-order valence-corrected chi connectivity index (χ2v) is 2.24. The molecule has 1 heterocycles. The Morgan fingerprint density at radius 2 is 2.40 bits per heavy atom. The Morgan fingerprint density at radius 1 is 1.70 bits per heavy atom. The fourth-order valence-corrected chi connectivity index (χ4v) is 0.706. The highest BCUT2D eigenvalue weighted by molar-refractivity contribution is 7.80. The van der Waals surface area contributed by atoms with E-state index in [1.807, 2.05) is 0 Å². The van der Waals surface area contributed by atoms with Gasteiger partial charge in [-0.25, -0.2) is 0 Å². The minimum atomic E-state index is -0.0958. The molecule has 1 aromatic heterocycles. The molecule has 0 atom stereocenters. The zero-order valence-electron chi connectivity index (χ0n) is 5.13. The van der Waals surface area contributed by atoms with Crippen LogP contribution in [0, 0.1) is 0 Å². The van der Waals surface area contributed by atoms with E-state index < -0.39 is 0 Å². The maximum Gasteiger partial charge on any atom is 0.182 e. The molecular formula is C6H6N2OS. The quantitative estimate of drug-likeness (QED) is 0.560. The molecule has 3 N–H and O–H groups in total. The Hall–Kier alpha value is -1.16. The topological polar surface area (TPSA) is 58.9 Å². The zero-order chi connectivity index (χ0) is 7.56. The SMILES string of the molecule is NC(=S)c1cc(=O)cc[nH]1. The van der Waals surface area contributed by atoms with Crippen molar-refractivity contribution >= 4 is 17.2 Å². The Bertz CT molecular complexity index is 305. The number of hydrogen-bond acceptors (Lipinski definition) is 2. The molecule has 4 heteroatoms. The lowest BCUT2D eigenvalue weighted by atomic mass is 10.3. The van der Waals surface area contributed by atoms with Gasteiger partial charge in [0.1, 0.15) is 4.99 Å². The van der Waals surface area contributed by atoms with Crippen LogP contribution in [-0.2, 0) is 0 Å². The molecule has 0 aliphatic rings. The molecule has 0 aliphatic carbocycles. The Kier molecular flexibility index (Phi) is 1.82.